The van der Waals surface area contributed by atoms with E-state index in [0.717, 1.165) is 0 Å². The minimum absolute atomic E-state index is 0. The molecule has 1 rings (SSSR count). The van der Waals surface area contributed by atoms with Gasteiger partial charge in [0.1, 0.15) is 10.6 Å². The molecule has 0 amide bonds. The number of para-hydroxylation sites is 1. The van der Waals surface area contributed by atoms with Crippen molar-refractivity contribution in [3.8, 4) is 5.75 Å². The molecule has 5 nitrogen and oxygen atoms in total. The molecule has 0 aliphatic heterocycles. The highest BCUT2D eigenvalue weighted by atomic mass is 35.5. The summed E-state index contributed by atoms with van der Waals surface area (Å²) >= 11 is 0. The summed E-state index contributed by atoms with van der Waals surface area (Å²) in [6.07, 6.45) is 1.41. The highest BCUT2D eigenvalue weighted by Gasteiger charge is 2.25. The van der Waals surface area contributed by atoms with Crippen molar-refractivity contribution >= 4 is 22.4 Å². The van der Waals surface area contributed by atoms with E-state index in [9.17, 15) is 8.42 Å². The van der Waals surface area contributed by atoms with E-state index in [1.54, 1.807) is 18.2 Å². The maximum absolute atomic E-state index is 12.2. The smallest absolute Gasteiger partial charge is 0.244 e. The van der Waals surface area contributed by atoms with Crippen LogP contribution in [0.25, 0.3) is 0 Å². The molecule has 0 heterocycles. The van der Waals surface area contributed by atoms with Crippen LogP contribution in [0.1, 0.15) is 26.7 Å². The molecule has 7 heteroatoms. The summed E-state index contributed by atoms with van der Waals surface area (Å²) in [5.41, 5.74) is 5.58. The molecule has 1 aromatic carbocycles. The van der Waals surface area contributed by atoms with Crippen LogP contribution in [-0.4, -0.2) is 27.6 Å². The fraction of sp³-hybridized carbons (Fsp3) is 0.538. The Labute approximate surface area is 127 Å². The molecule has 0 saturated carbocycles. The number of methoxy groups -OCH3 is 1. The molecule has 0 fully saturated rings. The second kappa shape index (κ2) is 7.83. The zero-order valence-electron chi connectivity index (χ0n) is 12.0. The summed E-state index contributed by atoms with van der Waals surface area (Å²) in [5.74, 6) is 0.325. The molecule has 1 aromatic rings. The molecule has 0 atom stereocenters. The number of ether oxygens (including phenoxy) is 1. The van der Waals surface area contributed by atoms with Gasteiger partial charge < -0.3 is 10.5 Å². The molecule has 0 spiro atoms. The maximum atomic E-state index is 12.2. The van der Waals surface area contributed by atoms with Gasteiger partial charge in [-0.3, -0.25) is 0 Å². The van der Waals surface area contributed by atoms with Crippen molar-refractivity contribution in [3.63, 3.8) is 0 Å². The van der Waals surface area contributed by atoms with Crippen molar-refractivity contribution in [2.24, 2.45) is 5.73 Å². The van der Waals surface area contributed by atoms with Crippen LogP contribution in [0.4, 0.5) is 0 Å². The fourth-order valence-electron chi connectivity index (χ4n) is 1.66. The Morgan fingerprint density at radius 3 is 2.30 bits per heavy atom. The molecular formula is C13H23ClN2O3S. The molecule has 20 heavy (non-hydrogen) atoms. The van der Waals surface area contributed by atoms with Crippen LogP contribution in [0.2, 0.25) is 0 Å². The number of rotatable bonds is 7. The molecule has 0 saturated heterocycles. The Bertz CT molecular complexity index is 516. The van der Waals surface area contributed by atoms with Crippen molar-refractivity contribution in [1.82, 2.24) is 4.72 Å². The van der Waals surface area contributed by atoms with Gasteiger partial charge >= 0.3 is 0 Å². The zero-order valence-corrected chi connectivity index (χ0v) is 13.7. The third-order valence-electron chi connectivity index (χ3n) is 3.38. The molecule has 3 N–H and O–H groups in total. The van der Waals surface area contributed by atoms with E-state index in [1.165, 1.54) is 13.2 Å². The van der Waals surface area contributed by atoms with E-state index in [0.29, 0.717) is 18.6 Å². The molecule has 0 aliphatic carbocycles. The van der Waals surface area contributed by atoms with Gasteiger partial charge in [-0.15, -0.1) is 12.4 Å². The van der Waals surface area contributed by atoms with Crippen molar-refractivity contribution < 1.29 is 13.2 Å². The third kappa shape index (κ3) is 4.63. The SMILES string of the molecule is CCC(N)(CC)CNS(=O)(=O)c1ccccc1OC.Cl. The van der Waals surface area contributed by atoms with Crippen LogP contribution in [0.15, 0.2) is 29.2 Å². The zero-order chi connectivity index (χ0) is 14.5. The Morgan fingerprint density at radius 2 is 1.80 bits per heavy atom. The van der Waals surface area contributed by atoms with E-state index in [2.05, 4.69) is 4.72 Å². The Morgan fingerprint density at radius 1 is 1.25 bits per heavy atom. The number of halogens is 1. The summed E-state index contributed by atoms with van der Waals surface area (Å²) in [5, 5.41) is 0. The van der Waals surface area contributed by atoms with Crippen molar-refractivity contribution in [2.75, 3.05) is 13.7 Å². The first-order valence-corrected chi connectivity index (χ1v) is 7.78. The van der Waals surface area contributed by atoms with Crippen LogP contribution in [0, 0.1) is 0 Å². The number of benzene rings is 1. The Kier molecular flexibility index (Phi) is 7.51. The fourth-order valence-corrected chi connectivity index (χ4v) is 2.96. The predicted octanol–water partition coefficient (Wildman–Crippen LogP) is 1.91. The quantitative estimate of drug-likeness (QED) is 0.803. The summed E-state index contributed by atoms with van der Waals surface area (Å²) in [7, 11) is -2.17. The highest BCUT2D eigenvalue weighted by molar-refractivity contribution is 7.89. The predicted molar refractivity (Wildman–Crippen MR) is 82.9 cm³/mol. The summed E-state index contributed by atoms with van der Waals surface area (Å²) < 4.78 is 32.1. The molecule has 116 valence electrons. The van der Waals surface area contributed by atoms with Gasteiger partial charge in [-0.25, -0.2) is 13.1 Å². The van der Waals surface area contributed by atoms with Crippen molar-refractivity contribution in [1.29, 1.82) is 0 Å². The van der Waals surface area contributed by atoms with E-state index in [1.807, 2.05) is 13.8 Å². The number of sulfonamides is 1. The van der Waals surface area contributed by atoms with Gasteiger partial charge in [0.25, 0.3) is 0 Å². The van der Waals surface area contributed by atoms with Crippen molar-refractivity contribution in [3.05, 3.63) is 24.3 Å². The highest BCUT2D eigenvalue weighted by Crippen LogP contribution is 2.23. The molecule has 0 aromatic heterocycles. The number of nitrogens with one attached hydrogen (secondary N) is 1. The second-order valence-corrected chi connectivity index (χ2v) is 6.28. The Balaban J connectivity index is 0.00000361. The largest absolute Gasteiger partial charge is 0.495 e. The maximum Gasteiger partial charge on any atom is 0.244 e. The van der Waals surface area contributed by atoms with Crippen LogP contribution in [0.5, 0.6) is 5.75 Å². The first kappa shape index (κ1) is 19.2. The van der Waals surface area contributed by atoms with Gasteiger partial charge in [0.15, 0.2) is 0 Å². The van der Waals surface area contributed by atoms with E-state index in [-0.39, 0.29) is 23.8 Å². The normalized spacial score (nSPS) is 11.8. The van der Waals surface area contributed by atoms with E-state index >= 15 is 0 Å². The molecular weight excluding hydrogens is 300 g/mol. The summed E-state index contributed by atoms with van der Waals surface area (Å²) in [4.78, 5) is 0.132. The van der Waals surface area contributed by atoms with Gasteiger partial charge in [0.05, 0.1) is 7.11 Å². The second-order valence-electron chi connectivity index (χ2n) is 4.54. The minimum Gasteiger partial charge on any atom is -0.495 e. The van der Waals surface area contributed by atoms with Gasteiger partial charge in [-0.2, -0.15) is 0 Å². The average molecular weight is 323 g/mol. The lowest BCUT2D eigenvalue weighted by atomic mass is 9.95. The number of nitrogens with two attached hydrogens (primary N) is 1. The number of hydrogen-bond donors (Lipinski definition) is 2. The van der Waals surface area contributed by atoms with E-state index in [4.69, 9.17) is 10.5 Å². The van der Waals surface area contributed by atoms with E-state index < -0.39 is 15.6 Å². The summed E-state index contributed by atoms with van der Waals surface area (Å²) in [6.45, 7) is 4.10. The van der Waals surface area contributed by atoms with Crippen LogP contribution in [0.3, 0.4) is 0 Å². The first-order valence-electron chi connectivity index (χ1n) is 6.30. The monoisotopic (exact) mass is 322 g/mol. The van der Waals surface area contributed by atoms with Gasteiger partial charge in [0, 0.05) is 12.1 Å². The number of hydrogen-bond acceptors (Lipinski definition) is 4. The van der Waals surface area contributed by atoms with Crippen LogP contribution in [-0.2, 0) is 10.0 Å². The molecule has 0 bridgehead atoms. The van der Waals surface area contributed by atoms with Crippen LogP contribution < -0.4 is 15.2 Å². The lowest BCUT2D eigenvalue weighted by Crippen LogP contribution is -2.49. The third-order valence-corrected chi connectivity index (χ3v) is 4.82. The van der Waals surface area contributed by atoms with Gasteiger partial charge in [-0.05, 0) is 25.0 Å². The van der Waals surface area contributed by atoms with Crippen LogP contribution >= 0.6 is 12.4 Å². The molecule has 0 radical (unpaired) electrons. The summed E-state index contributed by atoms with van der Waals surface area (Å²) in [6, 6.07) is 6.51. The topological polar surface area (TPSA) is 81.4 Å². The Hall–Kier alpha value is -0.820. The lowest BCUT2D eigenvalue weighted by molar-refractivity contribution is 0.388. The van der Waals surface area contributed by atoms with Crippen molar-refractivity contribution in [2.45, 2.75) is 37.1 Å². The standard InChI is InChI=1S/C13H22N2O3S.ClH/c1-4-13(14,5-2)10-15-19(16,17)12-9-7-6-8-11(12)18-3;/h6-9,15H,4-5,10,14H2,1-3H3;1H. The first-order chi connectivity index (χ1) is 8.88. The molecule has 0 aliphatic rings. The van der Waals surface area contributed by atoms with Gasteiger partial charge in [-0.1, -0.05) is 26.0 Å². The molecule has 0 unspecified atom stereocenters. The van der Waals surface area contributed by atoms with Gasteiger partial charge in [0.2, 0.25) is 10.0 Å². The lowest BCUT2D eigenvalue weighted by Gasteiger charge is -2.26. The minimum atomic E-state index is -3.61. The average Bonchev–Trinajstić information content (AvgIpc) is 2.44.